The van der Waals surface area contributed by atoms with Crippen molar-refractivity contribution in [2.24, 2.45) is 11.8 Å². The number of carbonyl (C=O) groups is 2. The average Bonchev–Trinajstić information content (AvgIpc) is 3.28. The number of nitrogens with zero attached hydrogens (tertiary/aromatic N) is 1. The third-order valence-corrected chi connectivity index (χ3v) is 7.64. The number of nitrogens with one attached hydrogen (secondary N) is 4. The molecule has 3 aliphatic rings. The Labute approximate surface area is 198 Å². The molecule has 6 unspecified atom stereocenters. The minimum absolute atomic E-state index is 0.0165. The average molecular weight is 480 g/mol. The molecule has 1 aromatic carbocycles. The zero-order chi connectivity index (χ0) is 24.2. The minimum Gasteiger partial charge on any atom is -0.388 e. The van der Waals surface area contributed by atoms with E-state index in [-0.39, 0.29) is 48.7 Å². The third-order valence-electron chi connectivity index (χ3n) is 7.64. The highest BCUT2D eigenvalue weighted by atomic mass is 19.2. The Kier molecular flexibility index (Phi) is 8.13. The van der Waals surface area contributed by atoms with Crippen LogP contribution in [-0.4, -0.2) is 66.6 Å². The van der Waals surface area contributed by atoms with Gasteiger partial charge in [-0.2, -0.15) is 0 Å². The molecule has 6 atom stereocenters. The standard InChI is InChI=1S/C24H35F2N5O3/c1-27-24(34)22-17-6-5-16(12-20(17)29-30-22)31-10-2-3-15(13-31)23(33)28-9-8-21(32)14-4-7-18(25)19(26)11-14/h4,7,11,15-17,20-22,29-30,32H,2-3,5-6,8-10,12-13H2,1H3,(H,27,34)(H,28,33). The fraction of sp³-hybridized carbons (Fsp3) is 0.667. The summed E-state index contributed by atoms with van der Waals surface area (Å²) in [7, 11) is 1.66. The summed E-state index contributed by atoms with van der Waals surface area (Å²) < 4.78 is 26.5. The number of likely N-dealkylation sites (N-methyl/N-ethyl adjacent to an activating group) is 1. The van der Waals surface area contributed by atoms with Gasteiger partial charge in [-0.3, -0.25) is 19.9 Å². The van der Waals surface area contributed by atoms with Crippen LogP contribution in [0.3, 0.4) is 0 Å². The lowest BCUT2D eigenvalue weighted by Gasteiger charge is -2.42. The summed E-state index contributed by atoms with van der Waals surface area (Å²) in [4.78, 5) is 27.3. The zero-order valence-corrected chi connectivity index (χ0v) is 19.5. The maximum Gasteiger partial charge on any atom is 0.238 e. The molecule has 4 rings (SSSR count). The lowest BCUT2D eigenvalue weighted by molar-refractivity contribution is -0.127. The van der Waals surface area contributed by atoms with Gasteiger partial charge in [0, 0.05) is 38.1 Å². The van der Waals surface area contributed by atoms with Crippen molar-refractivity contribution in [2.75, 3.05) is 26.7 Å². The molecule has 2 aliphatic heterocycles. The lowest BCUT2D eigenvalue weighted by atomic mass is 9.78. The van der Waals surface area contributed by atoms with Gasteiger partial charge in [0.1, 0.15) is 6.04 Å². The predicted molar refractivity (Wildman–Crippen MR) is 122 cm³/mol. The number of fused-ring (bicyclic) bond motifs is 1. The molecule has 0 aromatic heterocycles. The van der Waals surface area contributed by atoms with Crippen LogP contribution >= 0.6 is 0 Å². The zero-order valence-electron chi connectivity index (χ0n) is 19.5. The van der Waals surface area contributed by atoms with Crippen LogP contribution in [0.15, 0.2) is 18.2 Å². The number of hydrazine groups is 1. The molecule has 0 bridgehead atoms. The van der Waals surface area contributed by atoms with Crippen LogP contribution < -0.4 is 21.5 Å². The van der Waals surface area contributed by atoms with Gasteiger partial charge < -0.3 is 15.7 Å². The number of amides is 2. The summed E-state index contributed by atoms with van der Waals surface area (Å²) in [6.45, 7) is 1.93. The smallest absolute Gasteiger partial charge is 0.238 e. The SMILES string of the molecule is CNC(=O)C1NNC2CC(N3CCCC(C(=O)NCCC(O)c4ccc(F)c(F)c4)C3)CCC21. The lowest BCUT2D eigenvalue weighted by Crippen LogP contribution is -2.51. The van der Waals surface area contributed by atoms with E-state index in [4.69, 9.17) is 0 Å². The molecule has 1 aliphatic carbocycles. The van der Waals surface area contributed by atoms with Crippen LogP contribution in [0.1, 0.15) is 50.2 Å². The number of halogens is 2. The molecule has 2 heterocycles. The first kappa shape index (κ1) is 25.0. The van der Waals surface area contributed by atoms with Crippen LogP contribution in [0.25, 0.3) is 0 Å². The van der Waals surface area contributed by atoms with E-state index in [9.17, 15) is 23.5 Å². The Morgan fingerprint density at radius 2 is 2.00 bits per heavy atom. The van der Waals surface area contributed by atoms with Crippen molar-refractivity contribution >= 4 is 11.8 Å². The Bertz CT molecular complexity index is 888. The van der Waals surface area contributed by atoms with Gasteiger partial charge in [-0.05, 0) is 62.8 Å². The molecule has 1 saturated carbocycles. The van der Waals surface area contributed by atoms with Gasteiger partial charge in [0.2, 0.25) is 11.8 Å². The van der Waals surface area contributed by atoms with Crippen LogP contribution in [0, 0.1) is 23.5 Å². The monoisotopic (exact) mass is 479 g/mol. The number of aliphatic hydroxyl groups is 1. The van der Waals surface area contributed by atoms with Crippen molar-refractivity contribution in [3.05, 3.63) is 35.4 Å². The third kappa shape index (κ3) is 5.56. The number of hydrogen-bond donors (Lipinski definition) is 5. The summed E-state index contributed by atoms with van der Waals surface area (Å²) in [5.41, 5.74) is 6.74. The number of likely N-dealkylation sites (tertiary alicyclic amines) is 1. The fourth-order valence-corrected chi connectivity index (χ4v) is 5.70. The Morgan fingerprint density at radius 3 is 2.76 bits per heavy atom. The Balaban J connectivity index is 1.23. The second kappa shape index (κ2) is 11.1. The summed E-state index contributed by atoms with van der Waals surface area (Å²) in [6.07, 6.45) is 3.94. The molecular weight excluding hydrogens is 444 g/mol. The van der Waals surface area contributed by atoms with Crippen molar-refractivity contribution in [3.63, 3.8) is 0 Å². The van der Waals surface area contributed by atoms with E-state index in [0.29, 0.717) is 18.2 Å². The molecule has 5 N–H and O–H groups in total. The van der Waals surface area contributed by atoms with E-state index in [0.717, 1.165) is 50.8 Å². The minimum atomic E-state index is -0.996. The van der Waals surface area contributed by atoms with Gasteiger partial charge in [0.05, 0.1) is 12.0 Å². The number of carbonyl (C=O) groups excluding carboxylic acids is 2. The summed E-state index contributed by atoms with van der Waals surface area (Å²) in [5.74, 6) is -1.80. The van der Waals surface area contributed by atoms with Crippen molar-refractivity contribution < 1.29 is 23.5 Å². The Morgan fingerprint density at radius 1 is 1.18 bits per heavy atom. The van der Waals surface area contributed by atoms with E-state index < -0.39 is 17.7 Å². The molecule has 188 valence electrons. The van der Waals surface area contributed by atoms with Gasteiger partial charge in [0.25, 0.3) is 0 Å². The van der Waals surface area contributed by atoms with Crippen LogP contribution in [0.2, 0.25) is 0 Å². The molecule has 0 radical (unpaired) electrons. The molecule has 34 heavy (non-hydrogen) atoms. The molecule has 0 spiro atoms. The first-order valence-corrected chi connectivity index (χ1v) is 12.2. The van der Waals surface area contributed by atoms with Crippen molar-refractivity contribution in [1.82, 2.24) is 26.4 Å². The highest BCUT2D eigenvalue weighted by molar-refractivity contribution is 5.82. The summed E-state index contributed by atoms with van der Waals surface area (Å²) in [5, 5.41) is 15.9. The van der Waals surface area contributed by atoms with Crippen LogP contribution in [-0.2, 0) is 9.59 Å². The maximum absolute atomic E-state index is 13.4. The molecule has 2 amide bonds. The Hall–Kier alpha value is -2.14. The number of aliphatic hydroxyl groups excluding tert-OH is 1. The molecule has 3 fully saturated rings. The van der Waals surface area contributed by atoms with Crippen molar-refractivity contribution in [3.8, 4) is 0 Å². The van der Waals surface area contributed by atoms with E-state index in [1.165, 1.54) is 6.07 Å². The van der Waals surface area contributed by atoms with Gasteiger partial charge in [0.15, 0.2) is 11.6 Å². The highest BCUT2D eigenvalue weighted by Crippen LogP contribution is 2.34. The first-order chi connectivity index (χ1) is 16.4. The summed E-state index contributed by atoms with van der Waals surface area (Å²) >= 11 is 0. The number of piperidine rings is 1. The van der Waals surface area contributed by atoms with E-state index >= 15 is 0 Å². The predicted octanol–water partition coefficient (Wildman–Crippen LogP) is 0.976. The van der Waals surface area contributed by atoms with Gasteiger partial charge in [-0.15, -0.1) is 0 Å². The topological polar surface area (TPSA) is 106 Å². The van der Waals surface area contributed by atoms with Gasteiger partial charge in [-0.1, -0.05) is 6.07 Å². The highest BCUT2D eigenvalue weighted by Gasteiger charge is 2.44. The summed E-state index contributed by atoms with van der Waals surface area (Å²) in [6, 6.07) is 3.76. The molecular formula is C24H35F2N5O3. The van der Waals surface area contributed by atoms with Crippen LogP contribution in [0.4, 0.5) is 8.78 Å². The van der Waals surface area contributed by atoms with E-state index in [1.54, 1.807) is 7.05 Å². The number of hydrogen-bond acceptors (Lipinski definition) is 6. The van der Waals surface area contributed by atoms with Gasteiger partial charge in [-0.25, -0.2) is 14.2 Å². The van der Waals surface area contributed by atoms with Gasteiger partial charge >= 0.3 is 0 Å². The van der Waals surface area contributed by atoms with Crippen molar-refractivity contribution in [1.29, 1.82) is 0 Å². The number of benzene rings is 1. The van der Waals surface area contributed by atoms with Crippen molar-refractivity contribution in [2.45, 2.75) is 62.8 Å². The quantitative estimate of drug-likeness (QED) is 0.399. The molecule has 8 nitrogen and oxygen atoms in total. The first-order valence-electron chi connectivity index (χ1n) is 12.2. The normalized spacial score (nSPS) is 30.4. The fourth-order valence-electron chi connectivity index (χ4n) is 5.70. The number of rotatable bonds is 7. The van der Waals surface area contributed by atoms with E-state index in [2.05, 4.69) is 26.4 Å². The molecule has 10 heteroatoms. The largest absolute Gasteiger partial charge is 0.388 e. The molecule has 2 saturated heterocycles. The second-order valence-electron chi connectivity index (χ2n) is 9.72. The second-order valence-corrected chi connectivity index (χ2v) is 9.72. The molecule has 1 aromatic rings. The van der Waals surface area contributed by atoms with Crippen LogP contribution in [0.5, 0.6) is 0 Å². The van der Waals surface area contributed by atoms with E-state index in [1.807, 2.05) is 0 Å². The maximum atomic E-state index is 13.4.